The van der Waals surface area contributed by atoms with Crippen molar-refractivity contribution in [3.63, 3.8) is 0 Å². The van der Waals surface area contributed by atoms with Gasteiger partial charge in [-0.1, -0.05) is 0 Å². The maximum absolute atomic E-state index is 10.9. The SMILES string of the molecule is COC(=O)C[C@H](C)n1cc(Br)cn1. The van der Waals surface area contributed by atoms with Gasteiger partial charge in [-0.3, -0.25) is 9.48 Å². The van der Waals surface area contributed by atoms with Crippen molar-refractivity contribution in [3.05, 3.63) is 16.9 Å². The summed E-state index contributed by atoms with van der Waals surface area (Å²) in [5.41, 5.74) is 0. The van der Waals surface area contributed by atoms with E-state index in [9.17, 15) is 4.79 Å². The van der Waals surface area contributed by atoms with E-state index >= 15 is 0 Å². The zero-order chi connectivity index (χ0) is 9.84. The molecule has 0 amide bonds. The molecule has 72 valence electrons. The van der Waals surface area contributed by atoms with Crippen molar-refractivity contribution in [2.24, 2.45) is 0 Å². The number of ether oxygens (including phenoxy) is 1. The number of methoxy groups -OCH3 is 1. The van der Waals surface area contributed by atoms with Crippen LogP contribution in [0.1, 0.15) is 19.4 Å². The standard InChI is InChI=1S/C8H11BrN2O2/c1-6(3-8(12)13-2)11-5-7(9)4-10-11/h4-6H,3H2,1-2H3/t6-/m0/s1. The van der Waals surface area contributed by atoms with E-state index in [1.807, 2.05) is 13.1 Å². The van der Waals surface area contributed by atoms with Crippen molar-refractivity contribution < 1.29 is 9.53 Å². The van der Waals surface area contributed by atoms with Crippen LogP contribution in [0.4, 0.5) is 0 Å². The Morgan fingerprint density at radius 2 is 2.54 bits per heavy atom. The zero-order valence-electron chi connectivity index (χ0n) is 7.53. The van der Waals surface area contributed by atoms with Gasteiger partial charge in [0.1, 0.15) is 0 Å². The summed E-state index contributed by atoms with van der Waals surface area (Å²) < 4.78 is 7.19. The van der Waals surface area contributed by atoms with Gasteiger partial charge in [-0.25, -0.2) is 0 Å². The lowest BCUT2D eigenvalue weighted by molar-refractivity contribution is -0.141. The fourth-order valence-electron chi connectivity index (χ4n) is 0.974. The van der Waals surface area contributed by atoms with Crippen molar-refractivity contribution in [1.82, 2.24) is 9.78 Å². The molecular formula is C8H11BrN2O2. The van der Waals surface area contributed by atoms with Crippen LogP contribution in [0.2, 0.25) is 0 Å². The van der Waals surface area contributed by atoms with Crippen LogP contribution >= 0.6 is 15.9 Å². The molecule has 0 saturated carbocycles. The van der Waals surface area contributed by atoms with E-state index in [2.05, 4.69) is 25.8 Å². The molecule has 0 aliphatic rings. The monoisotopic (exact) mass is 246 g/mol. The lowest BCUT2D eigenvalue weighted by atomic mass is 10.2. The maximum atomic E-state index is 10.9. The number of rotatable bonds is 3. The predicted molar refractivity (Wildman–Crippen MR) is 51.3 cm³/mol. The highest BCUT2D eigenvalue weighted by atomic mass is 79.9. The van der Waals surface area contributed by atoms with E-state index in [4.69, 9.17) is 0 Å². The average molecular weight is 247 g/mol. The van der Waals surface area contributed by atoms with Crippen molar-refractivity contribution in [3.8, 4) is 0 Å². The Morgan fingerprint density at radius 3 is 3.00 bits per heavy atom. The summed E-state index contributed by atoms with van der Waals surface area (Å²) in [5.74, 6) is -0.223. The highest BCUT2D eigenvalue weighted by Gasteiger charge is 2.11. The van der Waals surface area contributed by atoms with E-state index in [0.29, 0.717) is 6.42 Å². The number of esters is 1. The number of hydrogen-bond acceptors (Lipinski definition) is 3. The molecule has 1 heterocycles. The summed E-state index contributed by atoms with van der Waals surface area (Å²) in [4.78, 5) is 10.9. The van der Waals surface area contributed by atoms with Crippen molar-refractivity contribution in [2.45, 2.75) is 19.4 Å². The minimum absolute atomic E-state index is 0.0266. The molecule has 1 rings (SSSR count). The molecule has 0 bridgehead atoms. The molecule has 0 aliphatic heterocycles. The molecular weight excluding hydrogens is 236 g/mol. The molecule has 5 heteroatoms. The molecule has 1 aromatic heterocycles. The fraction of sp³-hybridized carbons (Fsp3) is 0.500. The van der Waals surface area contributed by atoms with Gasteiger partial charge in [0.25, 0.3) is 0 Å². The van der Waals surface area contributed by atoms with Gasteiger partial charge in [-0.2, -0.15) is 5.10 Å². The Morgan fingerprint density at radius 1 is 1.85 bits per heavy atom. The van der Waals surface area contributed by atoms with Crippen LogP contribution in [0.15, 0.2) is 16.9 Å². The number of carbonyl (C=O) groups excluding carboxylic acids is 1. The molecule has 0 fully saturated rings. The molecule has 0 radical (unpaired) electrons. The first kappa shape index (κ1) is 10.2. The molecule has 0 saturated heterocycles. The Labute approximate surface area is 85.0 Å². The fourth-order valence-corrected chi connectivity index (χ4v) is 1.28. The summed E-state index contributed by atoms with van der Waals surface area (Å²) in [6, 6.07) is 0.0266. The second kappa shape index (κ2) is 4.41. The van der Waals surface area contributed by atoms with Gasteiger partial charge in [0.05, 0.1) is 30.2 Å². The number of carbonyl (C=O) groups is 1. The van der Waals surface area contributed by atoms with Gasteiger partial charge < -0.3 is 4.74 Å². The molecule has 0 aromatic carbocycles. The van der Waals surface area contributed by atoms with E-state index in [1.165, 1.54) is 7.11 Å². The number of halogens is 1. The summed E-state index contributed by atoms with van der Waals surface area (Å²) in [6.07, 6.45) is 3.85. The smallest absolute Gasteiger partial charge is 0.307 e. The van der Waals surface area contributed by atoms with Gasteiger partial charge in [0.15, 0.2) is 0 Å². The summed E-state index contributed by atoms with van der Waals surface area (Å²) in [6.45, 7) is 1.91. The largest absolute Gasteiger partial charge is 0.469 e. The molecule has 13 heavy (non-hydrogen) atoms. The minimum Gasteiger partial charge on any atom is -0.469 e. The highest BCUT2D eigenvalue weighted by Crippen LogP contribution is 2.14. The van der Waals surface area contributed by atoms with Gasteiger partial charge in [-0.15, -0.1) is 0 Å². The first-order valence-electron chi connectivity index (χ1n) is 3.90. The molecule has 4 nitrogen and oxygen atoms in total. The lowest BCUT2D eigenvalue weighted by Crippen LogP contribution is -2.12. The van der Waals surface area contributed by atoms with Crippen LogP contribution in [0.25, 0.3) is 0 Å². The first-order chi connectivity index (χ1) is 6.13. The Kier molecular flexibility index (Phi) is 3.48. The van der Waals surface area contributed by atoms with Crippen molar-refractivity contribution in [2.75, 3.05) is 7.11 Å². The van der Waals surface area contributed by atoms with E-state index < -0.39 is 0 Å². The van der Waals surface area contributed by atoms with Gasteiger partial charge in [-0.05, 0) is 22.9 Å². The van der Waals surface area contributed by atoms with Gasteiger partial charge in [0, 0.05) is 6.20 Å². The summed E-state index contributed by atoms with van der Waals surface area (Å²) >= 11 is 3.28. The van der Waals surface area contributed by atoms with Crippen LogP contribution in [0.3, 0.4) is 0 Å². The Bertz CT molecular complexity index is 298. The van der Waals surface area contributed by atoms with Crippen LogP contribution in [0.5, 0.6) is 0 Å². The van der Waals surface area contributed by atoms with Crippen LogP contribution < -0.4 is 0 Å². The quantitative estimate of drug-likeness (QED) is 0.764. The molecule has 1 aromatic rings. The van der Waals surface area contributed by atoms with Crippen molar-refractivity contribution in [1.29, 1.82) is 0 Å². The topological polar surface area (TPSA) is 44.1 Å². The van der Waals surface area contributed by atoms with E-state index in [0.717, 1.165) is 4.47 Å². The summed E-state index contributed by atoms with van der Waals surface area (Å²) in [7, 11) is 1.38. The van der Waals surface area contributed by atoms with Crippen molar-refractivity contribution >= 4 is 21.9 Å². The molecule has 1 atom stereocenters. The second-order valence-electron chi connectivity index (χ2n) is 2.77. The van der Waals surface area contributed by atoms with Gasteiger partial charge >= 0.3 is 5.97 Å². The normalized spacial score (nSPS) is 12.5. The summed E-state index contributed by atoms with van der Waals surface area (Å²) in [5, 5.41) is 4.07. The number of hydrogen-bond donors (Lipinski definition) is 0. The predicted octanol–water partition coefficient (Wildman–Crippen LogP) is 1.77. The third-order valence-electron chi connectivity index (χ3n) is 1.71. The lowest BCUT2D eigenvalue weighted by Gasteiger charge is -2.09. The third kappa shape index (κ3) is 2.84. The number of nitrogens with zero attached hydrogens (tertiary/aromatic N) is 2. The first-order valence-corrected chi connectivity index (χ1v) is 4.69. The second-order valence-corrected chi connectivity index (χ2v) is 3.68. The zero-order valence-corrected chi connectivity index (χ0v) is 9.11. The maximum Gasteiger partial charge on any atom is 0.307 e. The number of aromatic nitrogens is 2. The van der Waals surface area contributed by atoms with Crippen LogP contribution in [-0.4, -0.2) is 22.9 Å². The van der Waals surface area contributed by atoms with Gasteiger partial charge in [0.2, 0.25) is 0 Å². The Balaban J connectivity index is 2.58. The molecule has 0 aliphatic carbocycles. The van der Waals surface area contributed by atoms with E-state index in [1.54, 1.807) is 10.9 Å². The third-order valence-corrected chi connectivity index (χ3v) is 2.12. The molecule has 0 N–H and O–H groups in total. The van der Waals surface area contributed by atoms with Crippen LogP contribution in [0, 0.1) is 0 Å². The molecule has 0 spiro atoms. The van der Waals surface area contributed by atoms with Crippen LogP contribution in [-0.2, 0) is 9.53 Å². The average Bonchev–Trinajstić information content (AvgIpc) is 2.51. The minimum atomic E-state index is -0.223. The Hall–Kier alpha value is -0.840. The highest BCUT2D eigenvalue weighted by molar-refractivity contribution is 9.10. The van der Waals surface area contributed by atoms with E-state index in [-0.39, 0.29) is 12.0 Å². The molecule has 0 unspecified atom stereocenters.